The molecule has 0 heterocycles. The molecule has 0 radical (unpaired) electrons. The third-order valence-electron chi connectivity index (χ3n) is 16.1. The molecule has 518 valence electrons. The van der Waals surface area contributed by atoms with Crippen molar-refractivity contribution in [2.75, 3.05) is 40.9 Å². The molecule has 0 rings (SSSR count). The summed E-state index contributed by atoms with van der Waals surface area (Å²) >= 11 is 0. The van der Waals surface area contributed by atoms with Gasteiger partial charge in [-0.3, -0.25) is 14.2 Å². The van der Waals surface area contributed by atoms with Crippen molar-refractivity contribution in [2.24, 2.45) is 0 Å². The Bertz CT molecular complexity index is 1960. The van der Waals surface area contributed by atoms with Crippen LogP contribution in [0.2, 0.25) is 0 Å². The molecule has 0 spiro atoms. The second-order valence-corrected chi connectivity index (χ2v) is 27.5. The predicted octanol–water partition coefficient (Wildman–Crippen LogP) is 23.5. The van der Waals surface area contributed by atoms with E-state index in [0.717, 1.165) is 135 Å². The van der Waals surface area contributed by atoms with Gasteiger partial charge in [0.25, 0.3) is 7.82 Å². The van der Waals surface area contributed by atoms with Gasteiger partial charge >= 0.3 is 5.97 Å². The molecule has 0 aliphatic heterocycles. The lowest BCUT2D eigenvalue weighted by atomic mass is 10.0. The lowest BCUT2D eigenvalue weighted by Crippen LogP contribution is -2.47. The van der Waals surface area contributed by atoms with E-state index >= 15 is 0 Å². The standard InChI is InChI=1S/C80H141N2O7P/c1-7-10-13-16-19-22-25-28-30-32-34-36-38-40-41-43-45-47-49-51-53-55-58-61-64-67-70-73-80(84)89-78(71-68-65-62-59-56-27-24-21-18-15-12-9-3)77(76-88-90(85,86)87-75-74-82(4,5)6)81-79(83)72-69-66-63-60-57-54-52-50-48-46-44-42-39-37-35-33-31-29-26-23-20-17-14-11-8-2/h10,13,19-20,22-23,28-31,34-37,40-42,44,68,71,77-78H,7-9,11-12,14-18,21,24-27,32-33,38-39,43,45-67,69-70,72-76H2,1-6H3,(H-,81,83,85,86)/b13-10-,22-19-,23-20-,30-28-,31-29-,36-34-,37-35-,41-40-,44-42-,71-68+. The van der Waals surface area contributed by atoms with Crippen molar-refractivity contribution in [3.63, 3.8) is 0 Å². The van der Waals surface area contributed by atoms with E-state index < -0.39 is 26.6 Å². The Kier molecular flexibility index (Phi) is 65.6. The van der Waals surface area contributed by atoms with E-state index in [-0.39, 0.29) is 24.9 Å². The molecule has 9 nitrogen and oxygen atoms in total. The Morgan fingerprint density at radius 3 is 1.09 bits per heavy atom. The predicted molar refractivity (Wildman–Crippen MR) is 390 cm³/mol. The first-order valence-corrected chi connectivity index (χ1v) is 38.8. The Hall–Kier alpha value is -3.59. The van der Waals surface area contributed by atoms with E-state index in [1.54, 1.807) is 0 Å². The van der Waals surface area contributed by atoms with Gasteiger partial charge in [-0.25, -0.2) is 0 Å². The minimum absolute atomic E-state index is 0.0291. The molecule has 0 aliphatic rings. The number of esters is 1. The van der Waals surface area contributed by atoms with Crippen LogP contribution in [0.3, 0.4) is 0 Å². The van der Waals surface area contributed by atoms with Crippen LogP contribution in [0.25, 0.3) is 0 Å². The van der Waals surface area contributed by atoms with Gasteiger partial charge in [0.1, 0.15) is 19.3 Å². The average Bonchev–Trinajstić information content (AvgIpc) is 3.12. The number of allylic oxidation sites excluding steroid dienone is 19. The molecule has 0 aliphatic carbocycles. The normalized spacial score (nSPS) is 14.2. The number of hydrogen-bond acceptors (Lipinski definition) is 7. The molecule has 3 unspecified atom stereocenters. The number of nitrogens with zero attached hydrogens (tertiary/aromatic N) is 1. The summed E-state index contributed by atoms with van der Waals surface area (Å²) in [5.74, 6) is -0.550. The van der Waals surface area contributed by atoms with Crippen LogP contribution in [-0.4, -0.2) is 69.4 Å². The number of phosphoric ester groups is 1. The first kappa shape index (κ1) is 86.4. The van der Waals surface area contributed by atoms with Crippen LogP contribution in [-0.2, 0) is 27.9 Å². The van der Waals surface area contributed by atoms with Crippen LogP contribution in [0.15, 0.2) is 122 Å². The number of quaternary nitrogens is 1. The number of likely N-dealkylation sites (N-methyl/N-ethyl adjacent to an activating group) is 1. The smallest absolute Gasteiger partial charge is 0.306 e. The van der Waals surface area contributed by atoms with Crippen LogP contribution in [0.5, 0.6) is 0 Å². The van der Waals surface area contributed by atoms with E-state index in [4.69, 9.17) is 13.8 Å². The van der Waals surface area contributed by atoms with Crippen molar-refractivity contribution in [3.8, 4) is 0 Å². The molecule has 1 amide bonds. The largest absolute Gasteiger partial charge is 0.756 e. The van der Waals surface area contributed by atoms with E-state index in [1.165, 1.54) is 154 Å². The van der Waals surface area contributed by atoms with Gasteiger partial charge in [-0.15, -0.1) is 0 Å². The molecule has 0 fully saturated rings. The summed E-state index contributed by atoms with van der Waals surface area (Å²) in [5, 5.41) is 3.04. The van der Waals surface area contributed by atoms with Crippen molar-refractivity contribution in [2.45, 2.75) is 335 Å². The lowest BCUT2D eigenvalue weighted by Gasteiger charge is -2.30. The summed E-state index contributed by atoms with van der Waals surface area (Å²) in [6.45, 7) is 6.71. The number of nitrogens with one attached hydrogen (secondary N) is 1. The fourth-order valence-corrected chi connectivity index (χ4v) is 11.1. The number of carbonyl (C=O) groups is 2. The minimum atomic E-state index is -4.72. The molecule has 10 heteroatoms. The van der Waals surface area contributed by atoms with E-state index in [9.17, 15) is 19.0 Å². The third-order valence-corrected chi connectivity index (χ3v) is 17.1. The highest BCUT2D eigenvalue weighted by Crippen LogP contribution is 2.38. The molecule has 1 N–H and O–H groups in total. The fraction of sp³-hybridized carbons (Fsp3) is 0.725. The number of ether oxygens (including phenoxy) is 1. The van der Waals surface area contributed by atoms with Crippen LogP contribution in [0.4, 0.5) is 0 Å². The summed E-state index contributed by atoms with van der Waals surface area (Å²) < 4.78 is 30.5. The summed E-state index contributed by atoms with van der Waals surface area (Å²) in [5.41, 5.74) is 0. The summed E-state index contributed by atoms with van der Waals surface area (Å²) in [6.07, 6.45) is 96.1. The Balaban J connectivity index is 5.04. The van der Waals surface area contributed by atoms with Gasteiger partial charge in [0.15, 0.2) is 0 Å². The molecule has 0 aromatic carbocycles. The molecule has 0 saturated carbocycles. The maximum Gasteiger partial charge on any atom is 0.306 e. The molecule has 3 atom stereocenters. The number of phosphoric acid groups is 1. The van der Waals surface area contributed by atoms with E-state index in [2.05, 4.69) is 135 Å². The van der Waals surface area contributed by atoms with Gasteiger partial charge in [-0.05, 0) is 122 Å². The summed E-state index contributed by atoms with van der Waals surface area (Å²) in [6, 6.07) is -0.902. The Labute approximate surface area is 556 Å². The zero-order valence-electron chi connectivity index (χ0n) is 59.3. The van der Waals surface area contributed by atoms with Crippen molar-refractivity contribution in [1.29, 1.82) is 0 Å². The maximum atomic E-state index is 13.6. The lowest BCUT2D eigenvalue weighted by molar-refractivity contribution is -0.870. The number of hydrogen-bond donors (Lipinski definition) is 1. The molecule has 0 saturated heterocycles. The number of unbranched alkanes of at least 4 members (excludes halogenated alkanes) is 33. The van der Waals surface area contributed by atoms with Gasteiger partial charge in [0.05, 0.1) is 33.8 Å². The Morgan fingerprint density at radius 2 is 0.711 bits per heavy atom. The Morgan fingerprint density at radius 1 is 0.400 bits per heavy atom. The highest BCUT2D eigenvalue weighted by Gasteiger charge is 2.27. The van der Waals surface area contributed by atoms with Crippen LogP contribution in [0, 0.1) is 0 Å². The number of rotatable bonds is 67. The molecule has 90 heavy (non-hydrogen) atoms. The third kappa shape index (κ3) is 68.8. The SMILES string of the molecule is CC/C=C\C/C=C\C/C=C\C/C=C\C/C=C\CCCCCCCCCCCCCC(=O)OC(/C=C/CCCCCCCCCCCC)C(COP(=O)([O-])OCC[N+](C)(C)C)NC(=O)CCCCCCCCCCC/C=C\C/C=C\C/C=C\C/C=C\CCCCC. The zero-order valence-corrected chi connectivity index (χ0v) is 60.2. The average molecular weight is 1270 g/mol. The summed E-state index contributed by atoms with van der Waals surface area (Å²) in [7, 11) is 1.17. The van der Waals surface area contributed by atoms with Crippen molar-refractivity contribution >= 4 is 19.7 Å². The van der Waals surface area contributed by atoms with Crippen LogP contribution in [0.1, 0.15) is 323 Å². The fourth-order valence-electron chi connectivity index (χ4n) is 10.4. The molecule has 0 aromatic heterocycles. The topological polar surface area (TPSA) is 114 Å². The summed E-state index contributed by atoms with van der Waals surface area (Å²) in [4.78, 5) is 40.3. The first-order valence-electron chi connectivity index (χ1n) is 37.3. The highest BCUT2D eigenvalue weighted by molar-refractivity contribution is 7.45. The van der Waals surface area contributed by atoms with Gasteiger partial charge in [0, 0.05) is 12.8 Å². The van der Waals surface area contributed by atoms with Gasteiger partial charge in [-0.2, -0.15) is 0 Å². The monoisotopic (exact) mass is 1270 g/mol. The zero-order chi connectivity index (χ0) is 65.6. The highest BCUT2D eigenvalue weighted by atomic mass is 31.2. The van der Waals surface area contributed by atoms with Crippen LogP contribution >= 0.6 is 7.82 Å². The number of carbonyl (C=O) groups excluding carboxylic acids is 2. The molecule has 0 bridgehead atoms. The van der Waals surface area contributed by atoms with Crippen LogP contribution < -0.4 is 10.2 Å². The van der Waals surface area contributed by atoms with Crippen molar-refractivity contribution in [1.82, 2.24) is 5.32 Å². The van der Waals surface area contributed by atoms with Crippen molar-refractivity contribution < 1.29 is 37.3 Å². The van der Waals surface area contributed by atoms with Gasteiger partial charge in [-0.1, -0.05) is 310 Å². The molecular formula is C80H141N2O7P. The first-order chi connectivity index (χ1) is 43.9. The quantitative estimate of drug-likeness (QED) is 0.0212. The number of amides is 1. The molecular weight excluding hydrogens is 1130 g/mol. The minimum Gasteiger partial charge on any atom is -0.756 e. The van der Waals surface area contributed by atoms with Gasteiger partial charge in [0.2, 0.25) is 5.91 Å². The second kappa shape index (κ2) is 68.3. The van der Waals surface area contributed by atoms with E-state index in [0.29, 0.717) is 17.4 Å². The maximum absolute atomic E-state index is 13.6. The van der Waals surface area contributed by atoms with E-state index in [1.807, 2.05) is 33.3 Å². The van der Waals surface area contributed by atoms with Crippen molar-refractivity contribution in [3.05, 3.63) is 122 Å². The molecule has 0 aromatic rings. The second-order valence-electron chi connectivity index (χ2n) is 26.1. The van der Waals surface area contributed by atoms with Gasteiger partial charge < -0.3 is 28.5 Å².